The van der Waals surface area contributed by atoms with Crippen molar-refractivity contribution in [1.82, 2.24) is 4.57 Å². The van der Waals surface area contributed by atoms with E-state index in [2.05, 4.69) is 24.6 Å². The van der Waals surface area contributed by atoms with Gasteiger partial charge in [0, 0.05) is 36.7 Å². The SMILES string of the molecule is COc1cc(OC)c2c(c1)c(C(C)(C)CN)cn2C. The van der Waals surface area contributed by atoms with Gasteiger partial charge in [-0.15, -0.1) is 0 Å². The molecule has 0 aliphatic heterocycles. The lowest BCUT2D eigenvalue weighted by molar-refractivity contribution is 0.397. The molecule has 2 aromatic rings. The summed E-state index contributed by atoms with van der Waals surface area (Å²) in [6, 6.07) is 3.95. The third-order valence-corrected chi connectivity index (χ3v) is 3.71. The summed E-state index contributed by atoms with van der Waals surface area (Å²) < 4.78 is 12.9. The number of fused-ring (bicyclic) bond motifs is 1. The molecule has 0 aliphatic carbocycles. The molecule has 1 aromatic heterocycles. The van der Waals surface area contributed by atoms with Crippen molar-refractivity contribution >= 4 is 10.9 Å². The van der Waals surface area contributed by atoms with Crippen LogP contribution in [0.5, 0.6) is 11.5 Å². The van der Waals surface area contributed by atoms with Crippen LogP contribution in [0.3, 0.4) is 0 Å². The number of aromatic nitrogens is 1. The van der Waals surface area contributed by atoms with E-state index in [0.717, 1.165) is 22.4 Å². The highest BCUT2D eigenvalue weighted by Crippen LogP contribution is 2.38. The summed E-state index contributed by atoms with van der Waals surface area (Å²) >= 11 is 0. The Kier molecular flexibility index (Phi) is 3.45. The van der Waals surface area contributed by atoms with Crippen LogP contribution in [0.1, 0.15) is 19.4 Å². The van der Waals surface area contributed by atoms with Crippen LogP contribution in [0.2, 0.25) is 0 Å². The van der Waals surface area contributed by atoms with Gasteiger partial charge in [0.15, 0.2) is 0 Å². The van der Waals surface area contributed by atoms with Crippen molar-refractivity contribution in [1.29, 1.82) is 0 Å². The Morgan fingerprint density at radius 2 is 1.89 bits per heavy atom. The van der Waals surface area contributed by atoms with Crippen molar-refractivity contribution < 1.29 is 9.47 Å². The van der Waals surface area contributed by atoms with Gasteiger partial charge >= 0.3 is 0 Å². The van der Waals surface area contributed by atoms with Crippen LogP contribution < -0.4 is 15.2 Å². The Morgan fingerprint density at radius 3 is 2.42 bits per heavy atom. The minimum absolute atomic E-state index is 0.0864. The van der Waals surface area contributed by atoms with Gasteiger partial charge in [0.25, 0.3) is 0 Å². The fourth-order valence-electron chi connectivity index (χ4n) is 2.40. The largest absolute Gasteiger partial charge is 0.497 e. The van der Waals surface area contributed by atoms with E-state index in [1.807, 2.05) is 19.2 Å². The number of nitrogens with two attached hydrogens (primary N) is 1. The van der Waals surface area contributed by atoms with E-state index in [1.54, 1.807) is 14.2 Å². The monoisotopic (exact) mass is 262 g/mol. The van der Waals surface area contributed by atoms with Gasteiger partial charge < -0.3 is 19.8 Å². The fourth-order valence-corrected chi connectivity index (χ4v) is 2.40. The van der Waals surface area contributed by atoms with E-state index >= 15 is 0 Å². The molecule has 0 radical (unpaired) electrons. The summed E-state index contributed by atoms with van der Waals surface area (Å²) in [5.41, 5.74) is 8.10. The fraction of sp³-hybridized carbons (Fsp3) is 0.467. The zero-order valence-corrected chi connectivity index (χ0v) is 12.3. The van der Waals surface area contributed by atoms with Gasteiger partial charge in [-0.3, -0.25) is 0 Å². The molecule has 0 atom stereocenters. The van der Waals surface area contributed by atoms with Crippen LogP contribution in [-0.2, 0) is 12.5 Å². The zero-order valence-electron chi connectivity index (χ0n) is 12.3. The second-order valence-corrected chi connectivity index (χ2v) is 5.47. The van der Waals surface area contributed by atoms with Gasteiger partial charge in [0.1, 0.15) is 11.5 Å². The normalized spacial score (nSPS) is 11.9. The highest BCUT2D eigenvalue weighted by Gasteiger charge is 2.25. The van der Waals surface area contributed by atoms with Crippen molar-refractivity contribution in [3.05, 3.63) is 23.9 Å². The molecule has 0 unspecified atom stereocenters. The summed E-state index contributed by atoms with van der Waals surface area (Å²) in [6.07, 6.45) is 2.12. The molecule has 1 heterocycles. The van der Waals surface area contributed by atoms with Crippen molar-refractivity contribution in [2.45, 2.75) is 19.3 Å². The van der Waals surface area contributed by atoms with Crippen molar-refractivity contribution in [3.63, 3.8) is 0 Å². The predicted molar refractivity (Wildman–Crippen MR) is 78.1 cm³/mol. The van der Waals surface area contributed by atoms with E-state index in [-0.39, 0.29) is 5.41 Å². The quantitative estimate of drug-likeness (QED) is 0.920. The Morgan fingerprint density at radius 1 is 1.21 bits per heavy atom. The molecule has 0 spiro atoms. The first-order valence-corrected chi connectivity index (χ1v) is 6.36. The van der Waals surface area contributed by atoms with Crippen molar-refractivity contribution in [2.75, 3.05) is 20.8 Å². The average molecular weight is 262 g/mol. The van der Waals surface area contributed by atoms with Gasteiger partial charge in [-0.1, -0.05) is 13.8 Å². The summed E-state index contributed by atoms with van der Waals surface area (Å²) in [5.74, 6) is 1.61. The van der Waals surface area contributed by atoms with Crippen LogP contribution in [-0.4, -0.2) is 25.3 Å². The smallest absolute Gasteiger partial charge is 0.146 e. The van der Waals surface area contributed by atoms with Crippen LogP contribution in [0.15, 0.2) is 18.3 Å². The molecular weight excluding hydrogens is 240 g/mol. The Hall–Kier alpha value is -1.68. The summed E-state index contributed by atoms with van der Waals surface area (Å²) in [4.78, 5) is 0. The number of methoxy groups -OCH3 is 2. The predicted octanol–water partition coefficient (Wildman–Crippen LogP) is 2.43. The molecular formula is C15H22N2O2. The maximum absolute atomic E-state index is 5.91. The Balaban J connectivity index is 2.81. The molecule has 1 aromatic carbocycles. The zero-order chi connectivity index (χ0) is 14.2. The number of nitrogens with zero attached hydrogens (tertiary/aromatic N) is 1. The minimum atomic E-state index is -0.0864. The highest BCUT2D eigenvalue weighted by atomic mass is 16.5. The lowest BCUT2D eigenvalue weighted by atomic mass is 9.84. The second kappa shape index (κ2) is 4.78. The summed E-state index contributed by atoms with van der Waals surface area (Å²) in [6.45, 7) is 4.88. The van der Waals surface area contributed by atoms with Crippen LogP contribution in [0.25, 0.3) is 10.9 Å². The lowest BCUT2D eigenvalue weighted by Gasteiger charge is -2.22. The van der Waals surface area contributed by atoms with Gasteiger partial charge in [-0.25, -0.2) is 0 Å². The van der Waals surface area contributed by atoms with Gasteiger partial charge in [-0.05, 0) is 11.6 Å². The first-order chi connectivity index (χ1) is 8.94. The van der Waals surface area contributed by atoms with E-state index < -0.39 is 0 Å². The third kappa shape index (κ3) is 2.16. The van der Waals surface area contributed by atoms with Crippen LogP contribution >= 0.6 is 0 Å². The molecule has 4 heteroatoms. The molecule has 0 amide bonds. The first-order valence-electron chi connectivity index (χ1n) is 6.36. The van der Waals surface area contributed by atoms with Gasteiger partial charge in [0.2, 0.25) is 0 Å². The van der Waals surface area contributed by atoms with E-state index in [4.69, 9.17) is 15.2 Å². The molecule has 4 nitrogen and oxygen atoms in total. The van der Waals surface area contributed by atoms with E-state index in [0.29, 0.717) is 6.54 Å². The minimum Gasteiger partial charge on any atom is -0.497 e. The number of aryl methyl sites for hydroxylation is 1. The first kappa shape index (κ1) is 13.7. The van der Waals surface area contributed by atoms with E-state index in [1.165, 1.54) is 5.56 Å². The third-order valence-electron chi connectivity index (χ3n) is 3.71. The second-order valence-electron chi connectivity index (χ2n) is 5.47. The summed E-state index contributed by atoms with van der Waals surface area (Å²) in [7, 11) is 5.36. The lowest BCUT2D eigenvalue weighted by Crippen LogP contribution is -2.27. The number of rotatable bonds is 4. The topological polar surface area (TPSA) is 49.4 Å². The molecule has 0 fully saturated rings. The molecule has 0 bridgehead atoms. The molecule has 0 aliphatic rings. The standard InChI is InChI=1S/C15H22N2O2/c1-15(2,9-16)12-8-17(3)14-11(12)6-10(18-4)7-13(14)19-5/h6-8H,9,16H2,1-5H3. The van der Waals surface area contributed by atoms with Gasteiger partial charge in [0.05, 0.1) is 19.7 Å². The molecule has 0 saturated heterocycles. The molecule has 2 N–H and O–H groups in total. The van der Waals surface area contributed by atoms with E-state index in [9.17, 15) is 0 Å². The van der Waals surface area contributed by atoms with Crippen molar-refractivity contribution in [3.8, 4) is 11.5 Å². The van der Waals surface area contributed by atoms with Gasteiger partial charge in [-0.2, -0.15) is 0 Å². The average Bonchev–Trinajstić information content (AvgIpc) is 2.76. The van der Waals surface area contributed by atoms with Crippen LogP contribution in [0, 0.1) is 0 Å². The maximum Gasteiger partial charge on any atom is 0.146 e. The number of hydrogen-bond acceptors (Lipinski definition) is 3. The number of ether oxygens (including phenoxy) is 2. The Labute approximate surface area is 114 Å². The highest BCUT2D eigenvalue weighted by molar-refractivity contribution is 5.91. The molecule has 2 rings (SSSR count). The number of benzene rings is 1. The molecule has 19 heavy (non-hydrogen) atoms. The number of hydrogen-bond donors (Lipinski definition) is 1. The van der Waals surface area contributed by atoms with Crippen LogP contribution in [0.4, 0.5) is 0 Å². The summed E-state index contributed by atoms with van der Waals surface area (Å²) in [5, 5.41) is 1.13. The maximum atomic E-state index is 5.91. The molecule has 104 valence electrons. The Bertz CT molecular complexity index is 600. The molecule has 0 saturated carbocycles. The van der Waals surface area contributed by atoms with Crippen molar-refractivity contribution in [2.24, 2.45) is 12.8 Å².